The van der Waals surface area contributed by atoms with Crippen molar-refractivity contribution in [3.05, 3.63) is 0 Å². The predicted octanol–water partition coefficient (Wildman–Crippen LogP) is -0.361. The molecule has 0 radical (unpaired) electrons. The summed E-state index contributed by atoms with van der Waals surface area (Å²) in [4.78, 5) is 13.4. The van der Waals surface area contributed by atoms with Crippen molar-refractivity contribution in [1.82, 2.24) is 4.90 Å². The lowest BCUT2D eigenvalue weighted by molar-refractivity contribution is -0.127. The molecule has 0 aromatic carbocycles. The second kappa shape index (κ2) is 3.96. The van der Waals surface area contributed by atoms with Gasteiger partial charge in [0.05, 0.1) is 18.8 Å². The second-order valence-electron chi connectivity index (χ2n) is 5.00. The third kappa shape index (κ3) is 2.77. The largest absolute Gasteiger partial charge is 0.389 e. The number of β-amino-alcohol motifs (C(OH)–C–C–N with tert-alkyl or cyclic N) is 2. The quantitative estimate of drug-likeness (QED) is 0.640. The van der Waals surface area contributed by atoms with Crippen LogP contribution < -0.4 is 0 Å². The normalized spacial score (nSPS) is 29.5. The fraction of sp³-hybridized carbons (Fsp3) is 0.900. The van der Waals surface area contributed by atoms with Crippen LogP contribution in [0, 0.1) is 5.41 Å². The summed E-state index contributed by atoms with van der Waals surface area (Å²) in [7, 11) is 0. The van der Waals surface area contributed by atoms with Gasteiger partial charge in [0.15, 0.2) is 5.78 Å². The molecule has 4 nitrogen and oxygen atoms in total. The van der Waals surface area contributed by atoms with Gasteiger partial charge in [0, 0.05) is 18.5 Å². The molecule has 0 spiro atoms. The van der Waals surface area contributed by atoms with E-state index in [0.717, 1.165) is 0 Å². The Labute approximate surface area is 84.5 Å². The third-order valence-corrected chi connectivity index (χ3v) is 2.54. The van der Waals surface area contributed by atoms with Crippen molar-refractivity contribution in [3.8, 4) is 0 Å². The monoisotopic (exact) mass is 201 g/mol. The molecule has 14 heavy (non-hydrogen) atoms. The van der Waals surface area contributed by atoms with Crippen LogP contribution in [0.2, 0.25) is 0 Å². The summed E-state index contributed by atoms with van der Waals surface area (Å²) in [5.41, 5.74) is -0.349. The number of nitrogens with zero attached hydrogens (tertiary/aromatic N) is 1. The lowest BCUT2D eigenvalue weighted by Gasteiger charge is -2.21. The summed E-state index contributed by atoms with van der Waals surface area (Å²) in [5.74, 6) is 0.138. The van der Waals surface area contributed by atoms with Crippen LogP contribution in [0.1, 0.15) is 20.8 Å². The molecule has 2 atom stereocenters. The molecule has 2 unspecified atom stereocenters. The number of likely N-dealkylation sites (tertiary alicyclic amines) is 1. The first kappa shape index (κ1) is 11.6. The SMILES string of the molecule is CC(C)(C)C(=O)CN1CC(O)C(O)C1. The Balaban J connectivity index is 2.44. The Morgan fingerprint density at radius 3 is 2.07 bits per heavy atom. The van der Waals surface area contributed by atoms with Gasteiger partial charge in [0.25, 0.3) is 0 Å². The Bertz CT molecular complexity index is 212. The molecule has 0 saturated carbocycles. The number of carbonyl (C=O) groups excluding carboxylic acids is 1. The number of rotatable bonds is 2. The van der Waals surface area contributed by atoms with Gasteiger partial charge < -0.3 is 10.2 Å². The van der Waals surface area contributed by atoms with Crippen molar-refractivity contribution in [2.45, 2.75) is 33.0 Å². The highest BCUT2D eigenvalue weighted by atomic mass is 16.3. The van der Waals surface area contributed by atoms with Gasteiger partial charge in [-0.3, -0.25) is 9.69 Å². The summed E-state index contributed by atoms with van der Waals surface area (Å²) in [5, 5.41) is 18.6. The van der Waals surface area contributed by atoms with E-state index < -0.39 is 12.2 Å². The van der Waals surface area contributed by atoms with Crippen LogP contribution in [0.4, 0.5) is 0 Å². The summed E-state index contributed by atoms with van der Waals surface area (Å²) < 4.78 is 0. The molecule has 0 amide bonds. The highest BCUT2D eigenvalue weighted by molar-refractivity contribution is 5.85. The standard InChI is InChI=1S/C10H19NO3/c1-10(2,3)9(14)6-11-4-7(12)8(13)5-11/h7-8,12-13H,4-6H2,1-3H3. The molecular formula is C10H19NO3. The smallest absolute Gasteiger partial charge is 0.152 e. The Morgan fingerprint density at radius 2 is 1.71 bits per heavy atom. The molecule has 0 aliphatic carbocycles. The van der Waals surface area contributed by atoms with Gasteiger partial charge in [-0.25, -0.2) is 0 Å². The van der Waals surface area contributed by atoms with E-state index in [9.17, 15) is 15.0 Å². The maximum Gasteiger partial charge on any atom is 0.152 e. The highest BCUT2D eigenvalue weighted by Crippen LogP contribution is 2.17. The van der Waals surface area contributed by atoms with E-state index >= 15 is 0 Å². The van der Waals surface area contributed by atoms with Gasteiger partial charge >= 0.3 is 0 Å². The summed E-state index contributed by atoms with van der Waals surface area (Å²) in [6.07, 6.45) is -1.41. The van der Waals surface area contributed by atoms with Crippen LogP contribution in [0.25, 0.3) is 0 Å². The molecule has 1 aliphatic heterocycles. The van der Waals surface area contributed by atoms with Crippen LogP contribution in [0.3, 0.4) is 0 Å². The van der Waals surface area contributed by atoms with Crippen LogP contribution in [0.5, 0.6) is 0 Å². The molecular weight excluding hydrogens is 182 g/mol. The lowest BCUT2D eigenvalue weighted by Crippen LogP contribution is -2.35. The number of hydrogen-bond donors (Lipinski definition) is 2. The first-order chi connectivity index (χ1) is 6.30. The summed E-state index contributed by atoms with van der Waals surface area (Å²) in [6, 6.07) is 0. The maximum atomic E-state index is 11.6. The first-order valence-electron chi connectivity index (χ1n) is 4.92. The van der Waals surface area contributed by atoms with E-state index in [-0.39, 0.29) is 11.2 Å². The van der Waals surface area contributed by atoms with Crippen molar-refractivity contribution < 1.29 is 15.0 Å². The van der Waals surface area contributed by atoms with Gasteiger partial charge in [-0.15, -0.1) is 0 Å². The summed E-state index contributed by atoms with van der Waals surface area (Å²) >= 11 is 0. The number of aliphatic hydroxyl groups is 2. The average Bonchev–Trinajstić information content (AvgIpc) is 2.29. The van der Waals surface area contributed by atoms with E-state index in [0.29, 0.717) is 19.6 Å². The zero-order valence-corrected chi connectivity index (χ0v) is 9.03. The number of hydrogen-bond acceptors (Lipinski definition) is 4. The summed E-state index contributed by atoms with van der Waals surface area (Å²) in [6.45, 7) is 6.72. The van der Waals surface area contributed by atoms with Gasteiger partial charge in [0.2, 0.25) is 0 Å². The van der Waals surface area contributed by atoms with Crippen molar-refractivity contribution in [2.24, 2.45) is 5.41 Å². The van der Waals surface area contributed by atoms with E-state index in [1.165, 1.54) is 0 Å². The van der Waals surface area contributed by atoms with Gasteiger partial charge in [-0.2, -0.15) is 0 Å². The van der Waals surface area contributed by atoms with Crippen LogP contribution >= 0.6 is 0 Å². The van der Waals surface area contributed by atoms with E-state index in [1.807, 2.05) is 20.8 Å². The number of carbonyl (C=O) groups is 1. The van der Waals surface area contributed by atoms with E-state index in [4.69, 9.17) is 0 Å². The minimum atomic E-state index is -0.706. The molecule has 0 aromatic heterocycles. The number of ketones is 1. The molecule has 1 aliphatic rings. The molecule has 1 fully saturated rings. The van der Waals surface area contributed by atoms with Crippen molar-refractivity contribution in [2.75, 3.05) is 19.6 Å². The molecule has 4 heteroatoms. The second-order valence-corrected chi connectivity index (χ2v) is 5.00. The lowest BCUT2D eigenvalue weighted by atomic mass is 9.90. The fourth-order valence-electron chi connectivity index (χ4n) is 1.42. The van der Waals surface area contributed by atoms with Crippen molar-refractivity contribution in [3.63, 3.8) is 0 Å². The Hall–Kier alpha value is -0.450. The Kier molecular flexibility index (Phi) is 3.29. The zero-order valence-electron chi connectivity index (χ0n) is 9.03. The number of aliphatic hydroxyl groups excluding tert-OH is 2. The minimum absolute atomic E-state index is 0.138. The maximum absolute atomic E-state index is 11.6. The zero-order chi connectivity index (χ0) is 10.9. The van der Waals surface area contributed by atoms with Crippen LogP contribution in [-0.2, 0) is 4.79 Å². The van der Waals surface area contributed by atoms with Crippen molar-refractivity contribution >= 4 is 5.78 Å². The van der Waals surface area contributed by atoms with Crippen molar-refractivity contribution in [1.29, 1.82) is 0 Å². The topological polar surface area (TPSA) is 60.8 Å². The number of Topliss-reactive ketones (excluding diaryl/α,β-unsaturated/α-hetero) is 1. The van der Waals surface area contributed by atoms with Gasteiger partial charge in [0.1, 0.15) is 0 Å². The molecule has 1 rings (SSSR count). The molecule has 1 heterocycles. The van der Waals surface area contributed by atoms with Crippen LogP contribution in [-0.4, -0.2) is 52.7 Å². The van der Waals surface area contributed by atoms with Crippen LogP contribution in [0.15, 0.2) is 0 Å². The fourth-order valence-corrected chi connectivity index (χ4v) is 1.42. The molecule has 1 saturated heterocycles. The third-order valence-electron chi connectivity index (χ3n) is 2.54. The molecule has 0 bridgehead atoms. The first-order valence-corrected chi connectivity index (χ1v) is 4.92. The highest BCUT2D eigenvalue weighted by Gasteiger charge is 2.32. The van der Waals surface area contributed by atoms with E-state index in [1.54, 1.807) is 4.90 Å². The predicted molar refractivity (Wildman–Crippen MR) is 52.9 cm³/mol. The van der Waals surface area contributed by atoms with Gasteiger partial charge in [-0.1, -0.05) is 20.8 Å². The minimum Gasteiger partial charge on any atom is -0.389 e. The van der Waals surface area contributed by atoms with Gasteiger partial charge in [-0.05, 0) is 0 Å². The molecule has 0 aromatic rings. The average molecular weight is 201 g/mol. The Morgan fingerprint density at radius 1 is 1.29 bits per heavy atom. The van der Waals surface area contributed by atoms with E-state index in [2.05, 4.69) is 0 Å². The molecule has 82 valence electrons. The molecule has 2 N–H and O–H groups in total.